The van der Waals surface area contributed by atoms with Gasteiger partial charge >= 0.3 is 0 Å². The van der Waals surface area contributed by atoms with Crippen molar-refractivity contribution in [3.8, 4) is 0 Å². The maximum Gasteiger partial charge on any atom is 0.215 e. The molecule has 0 aliphatic carbocycles. The van der Waals surface area contributed by atoms with Crippen molar-refractivity contribution in [1.29, 1.82) is 0 Å². The van der Waals surface area contributed by atoms with E-state index in [2.05, 4.69) is 10.0 Å². The predicted octanol–water partition coefficient (Wildman–Crippen LogP) is 0.0828. The first-order chi connectivity index (χ1) is 8.09. The Kier molecular flexibility index (Phi) is 4.41. The molecular weight excluding hydrogens is 240 g/mol. The van der Waals surface area contributed by atoms with Crippen molar-refractivity contribution in [2.45, 2.75) is 37.5 Å². The van der Waals surface area contributed by atoms with E-state index >= 15 is 0 Å². The van der Waals surface area contributed by atoms with E-state index in [-0.39, 0.29) is 11.4 Å². The molecule has 0 aromatic carbocycles. The van der Waals surface area contributed by atoms with Crippen molar-refractivity contribution in [2.24, 2.45) is 5.92 Å². The molecule has 0 saturated carbocycles. The summed E-state index contributed by atoms with van der Waals surface area (Å²) in [6, 6.07) is 0. The molecule has 0 radical (unpaired) electrons. The summed E-state index contributed by atoms with van der Waals surface area (Å²) in [5, 5.41) is 2.86. The molecule has 2 saturated heterocycles. The lowest BCUT2D eigenvalue weighted by Crippen LogP contribution is -2.45. The average molecular weight is 262 g/mol. The van der Waals surface area contributed by atoms with Gasteiger partial charge in [-0.05, 0) is 32.7 Å². The van der Waals surface area contributed by atoms with Crippen molar-refractivity contribution >= 4 is 10.0 Å². The second-order valence-electron chi connectivity index (χ2n) is 4.99. The number of nitrogens with one attached hydrogen (secondary N) is 2. The Balaban J connectivity index is 1.84. The van der Waals surface area contributed by atoms with Crippen LogP contribution in [0.4, 0.5) is 0 Å². The molecule has 0 aromatic rings. The van der Waals surface area contributed by atoms with Crippen molar-refractivity contribution in [1.82, 2.24) is 10.0 Å². The minimum Gasteiger partial charge on any atom is -0.378 e. The van der Waals surface area contributed by atoms with E-state index in [1.165, 1.54) is 0 Å². The maximum atomic E-state index is 12.1. The van der Waals surface area contributed by atoms with E-state index in [4.69, 9.17) is 4.74 Å². The van der Waals surface area contributed by atoms with Crippen LogP contribution in [0.5, 0.6) is 0 Å². The van der Waals surface area contributed by atoms with Gasteiger partial charge in [0.05, 0.1) is 11.4 Å². The Morgan fingerprint density at radius 3 is 2.82 bits per heavy atom. The van der Waals surface area contributed by atoms with E-state index in [0.717, 1.165) is 32.4 Å². The zero-order valence-electron chi connectivity index (χ0n) is 10.3. The molecular formula is C11H22N2O3S. The van der Waals surface area contributed by atoms with Crippen LogP contribution >= 0.6 is 0 Å². The number of hydrogen-bond acceptors (Lipinski definition) is 4. The fraction of sp³-hybridized carbons (Fsp3) is 1.00. The van der Waals surface area contributed by atoms with Crippen LogP contribution in [0.3, 0.4) is 0 Å². The second-order valence-corrected chi connectivity index (χ2v) is 7.03. The Hall–Kier alpha value is -0.170. The van der Waals surface area contributed by atoms with Crippen molar-refractivity contribution in [3.05, 3.63) is 0 Å². The highest BCUT2D eigenvalue weighted by atomic mass is 32.2. The van der Waals surface area contributed by atoms with Crippen LogP contribution in [-0.2, 0) is 14.8 Å². The highest BCUT2D eigenvalue weighted by molar-refractivity contribution is 7.90. The highest BCUT2D eigenvalue weighted by Crippen LogP contribution is 2.20. The molecule has 0 bridgehead atoms. The maximum absolute atomic E-state index is 12.1. The SMILES string of the molecule is CC1OCCC1CNS(=O)(=O)C1CCCNC1. The minimum atomic E-state index is -3.16. The largest absolute Gasteiger partial charge is 0.378 e. The van der Waals surface area contributed by atoms with Crippen molar-refractivity contribution in [2.75, 3.05) is 26.2 Å². The summed E-state index contributed by atoms with van der Waals surface area (Å²) in [7, 11) is -3.16. The van der Waals surface area contributed by atoms with Gasteiger partial charge in [0, 0.05) is 25.6 Å². The summed E-state index contributed by atoms with van der Waals surface area (Å²) >= 11 is 0. The van der Waals surface area contributed by atoms with Gasteiger partial charge in [0.25, 0.3) is 0 Å². The van der Waals surface area contributed by atoms with E-state index in [1.54, 1.807) is 0 Å². The number of hydrogen-bond donors (Lipinski definition) is 2. The summed E-state index contributed by atoms with van der Waals surface area (Å²) in [5.41, 5.74) is 0. The fourth-order valence-electron chi connectivity index (χ4n) is 2.47. The van der Waals surface area contributed by atoms with E-state index in [0.29, 0.717) is 19.0 Å². The molecule has 0 spiro atoms. The van der Waals surface area contributed by atoms with Crippen LogP contribution in [0.1, 0.15) is 26.2 Å². The van der Waals surface area contributed by atoms with E-state index in [1.807, 2.05) is 6.92 Å². The van der Waals surface area contributed by atoms with Crippen LogP contribution in [0.25, 0.3) is 0 Å². The lowest BCUT2D eigenvalue weighted by Gasteiger charge is -2.24. The number of sulfonamides is 1. The molecule has 0 aromatic heterocycles. The van der Waals surface area contributed by atoms with Gasteiger partial charge in [0.1, 0.15) is 0 Å². The van der Waals surface area contributed by atoms with Gasteiger partial charge in [-0.25, -0.2) is 13.1 Å². The molecule has 2 heterocycles. The summed E-state index contributed by atoms with van der Waals surface area (Å²) in [6.45, 7) is 4.78. The van der Waals surface area contributed by atoms with Crippen LogP contribution in [-0.4, -0.2) is 46.0 Å². The monoisotopic (exact) mass is 262 g/mol. The van der Waals surface area contributed by atoms with Crippen molar-refractivity contribution in [3.63, 3.8) is 0 Å². The summed E-state index contributed by atoms with van der Waals surface area (Å²) in [4.78, 5) is 0. The number of piperidine rings is 1. The predicted molar refractivity (Wildman–Crippen MR) is 66.3 cm³/mol. The molecule has 6 heteroatoms. The first-order valence-corrected chi connectivity index (χ1v) is 7.95. The lowest BCUT2D eigenvalue weighted by atomic mass is 10.0. The molecule has 2 aliphatic rings. The zero-order chi connectivity index (χ0) is 12.3. The van der Waals surface area contributed by atoms with E-state index < -0.39 is 10.0 Å². The smallest absolute Gasteiger partial charge is 0.215 e. The molecule has 2 fully saturated rings. The molecule has 2 rings (SSSR count). The topological polar surface area (TPSA) is 67.4 Å². The molecule has 3 unspecified atom stereocenters. The Bertz CT molecular complexity index is 339. The van der Waals surface area contributed by atoms with Crippen molar-refractivity contribution < 1.29 is 13.2 Å². The standard InChI is InChI=1S/C11H22N2O3S/c1-9-10(4-6-16-9)7-13-17(14,15)11-3-2-5-12-8-11/h9-13H,2-8H2,1H3. The molecule has 0 amide bonds. The number of rotatable bonds is 4. The second kappa shape index (κ2) is 5.65. The summed E-state index contributed by atoms with van der Waals surface area (Å²) in [5.74, 6) is 0.321. The van der Waals surface area contributed by atoms with Crippen LogP contribution < -0.4 is 10.0 Å². The molecule has 100 valence electrons. The summed E-state index contributed by atoms with van der Waals surface area (Å²) in [6.07, 6.45) is 2.82. The summed E-state index contributed by atoms with van der Waals surface area (Å²) < 4.78 is 32.3. The molecule has 3 atom stereocenters. The molecule has 5 nitrogen and oxygen atoms in total. The first kappa shape index (κ1) is 13.3. The van der Waals surface area contributed by atoms with Gasteiger partial charge in [-0.3, -0.25) is 0 Å². The number of ether oxygens (including phenoxy) is 1. The van der Waals surface area contributed by atoms with Gasteiger partial charge in [-0.2, -0.15) is 0 Å². The Morgan fingerprint density at radius 1 is 1.41 bits per heavy atom. The van der Waals surface area contributed by atoms with Gasteiger partial charge < -0.3 is 10.1 Å². The Labute approximate surface area is 103 Å². The first-order valence-electron chi connectivity index (χ1n) is 6.40. The normalized spacial score (nSPS) is 35.0. The molecule has 17 heavy (non-hydrogen) atoms. The quantitative estimate of drug-likeness (QED) is 0.753. The highest BCUT2D eigenvalue weighted by Gasteiger charge is 2.30. The fourth-order valence-corrected chi connectivity index (χ4v) is 3.97. The third-order valence-corrected chi connectivity index (χ3v) is 5.62. The van der Waals surface area contributed by atoms with E-state index in [9.17, 15) is 8.42 Å². The minimum absolute atomic E-state index is 0.169. The molecule has 2 N–H and O–H groups in total. The molecule has 2 aliphatic heterocycles. The van der Waals surface area contributed by atoms with Gasteiger partial charge in [0.15, 0.2) is 0 Å². The van der Waals surface area contributed by atoms with Gasteiger partial charge in [-0.15, -0.1) is 0 Å². The average Bonchev–Trinajstić information content (AvgIpc) is 2.74. The van der Waals surface area contributed by atoms with Gasteiger partial charge in [0.2, 0.25) is 10.0 Å². The van der Waals surface area contributed by atoms with Crippen LogP contribution in [0.15, 0.2) is 0 Å². The zero-order valence-corrected chi connectivity index (χ0v) is 11.1. The van der Waals surface area contributed by atoms with Gasteiger partial charge in [-0.1, -0.05) is 0 Å². The lowest BCUT2D eigenvalue weighted by molar-refractivity contribution is 0.107. The third-order valence-electron chi connectivity index (χ3n) is 3.77. The van der Waals surface area contributed by atoms with Crippen LogP contribution in [0.2, 0.25) is 0 Å². The Morgan fingerprint density at radius 2 is 2.24 bits per heavy atom. The third kappa shape index (κ3) is 3.40. The van der Waals surface area contributed by atoms with Crippen LogP contribution in [0, 0.1) is 5.92 Å².